The number of non-ortho nitro benzene ring substituents is 1. The third kappa shape index (κ3) is 5.64. The molecule has 1 amide bonds. The van der Waals surface area contributed by atoms with E-state index < -0.39 is 10.8 Å². The van der Waals surface area contributed by atoms with Crippen LogP contribution in [0.1, 0.15) is 12.5 Å². The number of amides is 1. The Bertz CT molecular complexity index is 823. The van der Waals surface area contributed by atoms with Crippen molar-refractivity contribution in [1.29, 1.82) is 0 Å². The summed E-state index contributed by atoms with van der Waals surface area (Å²) in [5.74, 6) is -0.115. The van der Waals surface area contributed by atoms with Gasteiger partial charge in [-0.25, -0.2) is 5.43 Å². The second-order valence-corrected chi connectivity index (χ2v) is 6.67. The fourth-order valence-electron chi connectivity index (χ4n) is 1.80. The number of nitro benzene ring substituents is 1. The molecular formula is C16H13Br2N3O4. The third-order valence-electron chi connectivity index (χ3n) is 3.10. The molecule has 2 aromatic carbocycles. The molecule has 0 saturated carbocycles. The predicted octanol–water partition coefficient (Wildman–Crippen LogP) is 4.04. The summed E-state index contributed by atoms with van der Waals surface area (Å²) in [6.07, 6.45) is 0. The van der Waals surface area contributed by atoms with Crippen molar-refractivity contribution < 1.29 is 14.5 Å². The molecule has 0 saturated heterocycles. The highest BCUT2D eigenvalue weighted by Crippen LogP contribution is 2.28. The van der Waals surface area contributed by atoms with Crippen LogP contribution in [-0.4, -0.2) is 23.1 Å². The molecule has 25 heavy (non-hydrogen) atoms. The fourth-order valence-corrected chi connectivity index (χ4v) is 2.54. The van der Waals surface area contributed by atoms with Gasteiger partial charge in [0.2, 0.25) is 0 Å². The van der Waals surface area contributed by atoms with Crippen molar-refractivity contribution in [3.8, 4) is 5.75 Å². The van der Waals surface area contributed by atoms with Crippen LogP contribution in [-0.2, 0) is 4.79 Å². The maximum absolute atomic E-state index is 11.8. The number of halogens is 2. The highest BCUT2D eigenvalue weighted by atomic mass is 79.9. The molecule has 0 radical (unpaired) electrons. The molecule has 0 heterocycles. The summed E-state index contributed by atoms with van der Waals surface area (Å²) < 4.78 is 6.68. The summed E-state index contributed by atoms with van der Waals surface area (Å²) in [6, 6.07) is 11.5. The molecule has 7 nitrogen and oxygen atoms in total. The zero-order valence-electron chi connectivity index (χ0n) is 13.0. The molecule has 2 aromatic rings. The Kier molecular flexibility index (Phi) is 6.65. The normalized spacial score (nSPS) is 11.1. The van der Waals surface area contributed by atoms with Gasteiger partial charge in [-0.3, -0.25) is 14.9 Å². The van der Waals surface area contributed by atoms with E-state index in [-0.39, 0.29) is 12.3 Å². The Morgan fingerprint density at radius 1 is 1.24 bits per heavy atom. The summed E-state index contributed by atoms with van der Waals surface area (Å²) in [4.78, 5) is 22.0. The van der Waals surface area contributed by atoms with Gasteiger partial charge >= 0.3 is 0 Å². The molecule has 0 atom stereocenters. The number of rotatable bonds is 6. The number of hydrogen-bond acceptors (Lipinski definition) is 5. The molecule has 0 bridgehead atoms. The lowest BCUT2D eigenvalue weighted by Crippen LogP contribution is -2.25. The van der Waals surface area contributed by atoms with Gasteiger partial charge in [-0.15, -0.1) is 0 Å². The first-order valence-corrected chi connectivity index (χ1v) is 8.61. The van der Waals surface area contributed by atoms with E-state index in [9.17, 15) is 14.9 Å². The Morgan fingerprint density at radius 3 is 2.52 bits per heavy atom. The van der Waals surface area contributed by atoms with Crippen LogP contribution in [0.15, 0.2) is 56.5 Å². The number of nitrogens with zero attached hydrogens (tertiary/aromatic N) is 2. The van der Waals surface area contributed by atoms with Crippen LogP contribution >= 0.6 is 31.9 Å². The number of hydrazone groups is 1. The quantitative estimate of drug-likeness (QED) is 0.391. The van der Waals surface area contributed by atoms with Crippen molar-refractivity contribution in [2.75, 3.05) is 6.61 Å². The molecule has 0 aliphatic carbocycles. The van der Waals surface area contributed by atoms with Crippen LogP contribution in [0.5, 0.6) is 5.75 Å². The van der Waals surface area contributed by atoms with Crippen LogP contribution < -0.4 is 10.2 Å². The molecule has 1 N–H and O–H groups in total. The number of benzene rings is 2. The van der Waals surface area contributed by atoms with Gasteiger partial charge in [-0.05, 0) is 46.6 Å². The van der Waals surface area contributed by atoms with E-state index in [1.165, 1.54) is 18.2 Å². The van der Waals surface area contributed by atoms with Crippen LogP contribution in [0.4, 0.5) is 5.69 Å². The van der Waals surface area contributed by atoms with E-state index in [2.05, 4.69) is 42.4 Å². The third-order valence-corrected chi connectivity index (χ3v) is 4.24. The van der Waals surface area contributed by atoms with Gasteiger partial charge in [-0.2, -0.15) is 5.10 Å². The summed E-state index contributed by atoms with van der Waals surface area (Å²) in [6.45, 7) is 1.50. The van der Waals surface area contributed by atoms with Crippen LogP contribution in [0.3, 0.4) is 0 Å². The lowest BCUT2D eigenvalue weighted by molar-refractivity contribution is -0.384. The summed E-state index contributed by atoms with van der Waals surface area (Å²) in [5.41, 5.74) is 3.86. The molecule has 2 rings (SSSR count). The van der Waals surface area contributed by atoms with Crippen molar-refractivity contribution in [2.45, 2.75) is 6.92 Å². The molecule has 0 unspecified atom stereocenters. The number of carbonyl (C=O) groups excluding carboxylic acids is 1. The zero-order valence-corrected chi connectivity index (χ0v) is 16.2. The number of nitrogens with one attached hydrogen (secondary N) is 1. The SMILES string of the molecule is C/C(=N/NC(=O)COc1ccc([N+](=O)[O-])cc1Br)c1ccc(Br)cc1. The molecule has 0 aliphatic rings. The number of nitro groups is 1. The maximum atomic E-state index is 11.8. The van der Waals surface area contributed by atoms with Gasteiger partial charge in [0.15, 0.2) is 6.61 Å². The fraction of sp³-hybridized carbons (Fsp3) is 0.125. The monoisotopic (exact) mass is 469 g/mol. The molecule has 130 valence electrons. The van der Waals surface area contributed by atoms with Gasteiger partial charge in [0.25, 0.3) is 11.6 Å². The van der Waals surface area contributed by atoms with Crippen molar-refractivity contribution in [2.24, 2.45) is 5.10 Å². The highest BCUT2D eigenvalue weighted by Gasteiger charge is 2.11. The minimum absolute atomic E-state index is 0.0709. The van der Waals surface area contributed by atoms with Crippen LogP contribution in [0, 0.1) is 10.1 Å². The lowest BCUT2D eigenvalue weighted by Gasteiger charge is -2.07. The number of hydrogen-bond donors (Lipinski definition) is 1. The first-order valence-electron chi connectivity index (χ1n) is 7.02. The molecular weight excluding hydrogens is 458 g/mol. The van der Waals surface area contributed by atoms with Crippen molar-refractivity contribution in [3.63, 3.8) is 0 Å². The predicted molar refractivity (Wildman–Crippen MR) is 101 cm³/mol. The van der Waals surface area contributed by atoms with Gasteiger partial charge in [-0.1, -0.05) is 28.1 Å². The molecule has 9 heteroatoms. The van der Waals surface area contributed by atoms with Gasteiger partial charge in [0.05, 0.1) is 15.1 Å². The van der Waals surface area contributed by atoms with E-state index in [0.717, 1.165) is 10.0 Å². The Balaban J connectivity index is 1.91. The van der Waals surface area contributed by atoms with E-state index in [1.807, 2.05) is 24.3 Å². The largest absolute Gasteiger partial charge is 0.483 e. The van der Waals surface area contributed by atoms with Gasteiger partial charge < -0.3 is 4.74 Å². The van der Waals surface area contributed by atoms with Crippen molar-refractivity contribution >= 4 is 49.2 Å². The van der Waals surface area contributed by atoms with Crippen LogP contribution in [0.2, 0.25) is 0 Å². The second-order valence-electron chi connectivity index (χ2n) is 4.90. The van der Waals surface area contributed by atoms with Crippen molar-refractivity contribution in [1.82, 2.24) is 5.43 Å². The van der Waals surface area contributed by atoms with E-state index in [0.29, 0.717) is 15.9 Å². The smallest absolute Gasteiger partial charge is 0.277 e. The first-order chi connectivity index (χ1) is 11.9. The lowest BCUT2D eigenvalue weighted by atomic mass is 10.1. The Labute approximate surface area is 160 Å². The second kappa shape index (κ2) is 8.72. The van der Waals surface area contributed by atoms with Gasteiger partial charge in [0.1, 0.15) is 5.75 Å². The average molecular weight is 471 g/mol. The molecule has 0 aromatic heterocycles. The number of carbonyl (C=O) groups is 1. The number of ether oxygens (including phenoxy) is 1. The van der Waals surface area contributed by atoms with Crippen molar-refractivity contribution in [3.05, 3.63) is 67.1 Å². The summed E-state index contributed by atoms with van der Waals surface area (Å²) in [7, 11) is 0. The van der Waals surface area contributed by atoms with E-state index in [1.54, 1.807) is 6.92 Å². The topological polar surface area (TPSA) is 93.8 Å². The minimum Gasteiger partial charge on any atom is -0.483 e. The Morgan fingerprint density at radius 2 is 1.92 bits per heavy atom. The van der Waals surface area contributed by atoms with Gasteiger partial charge in [0, 0.05) is 16.6 Å². The molecule has 0 fully saturated rings. The molecule has 0 aliphatic heterocycles. The van der Waals surface area contributed by atoms with E-state index in [4.69, 9.17) is 4.74 Å². The average Bonchev–Trinajstić information content (AvgIpc) is 2.59. The summed E-state index contributed by atoms with van der Waals surface area (Å²) >= 11 is 6.52. The highest BCUT2D eigenvalue weighted by molar-refractivity contribution is 9.10. The zero-order chi connectivity index (χ0) is 18.4. The van der Waals surface area contributed by atoms with E-state index >= 15 is 0 Å². The standard InChI is InChI=1S/C16H13Br2N3O4/c1-10(11-2-4-12(17)5-3-11)19-20-16(22)9-25-15-7-6-13(21(23)24)8-14(15)18/h2-8H,9H2,1H3,(H,20,22)/b19-10-. The Hall–Kier alpha value is -2.26. The molecule has 0 spiro atoms. The maximum Gasteiger partial charge on any atom is 0.277 e. The van der Waals surface area contributed by atoms with Crippen LogP contribution in [0.25, 0.3) is 0 Å². The minimum atomic E-state index is -0.513. The summed E-state index contributed by atoms with van der Waals surface area (Å²) in [5, 5.41) is 14.7. The first kappa shape index (κ1) is 19.1.